The molecule has 1 fully saturated rings. The number of benzene rings is 1. The van der Waals surface area contributed by atoms with Gasteiger partial charge >= 0.3 is 0 Å². The monoisotopic (exact) mass is 434 g/mol. The van der Waals surface area contributed by atoms with E-state index in [1.54, 1.807) is 23.1 Å². The Morgan fingerprint density at radius 3 is 2.82 bits per heavy atom. The van der Waals surface area contributed by atoms with E-state index in [4.69, 9.17) is 11.6 Å². The Kier molecular flexibility index (Phi) is 6.36. The Hall–Kier alpha value is -1.01. The van der Waals surface area contributed by atoms with Gasteiger partial charge in [-0.3, -0.25) is 4.79 Å². The Morgan fingerprint density at radius 2 is 2.04 bits per heavy atom. The highest BCUT2D eigenvalue weighted by atomic mass is 35.5. The van der Waals surface area contributed by atoms with Crippen molar-refractivity contribution in [1.29, 1.82) is 0 Å². The molecular weight excluding hydrogens is 408 g/mol. The standard InChI is InChI=1S/C22H27ClN2OS2/c1-14-8-15(2)12-25(11-14)7-3-6-24-22(26)20-9-16-13-27-19-10-17(23)4-5-18(19)21(16)28-20/h4-5,9-10,14-15H,3,6-8,11-13H2,1-2H3,(H,24,26)/t14-,15+. The van der Waals surface area contributed by atoms with Crippen LogP contribution in [0, 0.1) is 11.8 Å². The molecule has 1 N–H and O–H groups in total. The second-order valence-electron chi connectivity index (χ2n) is 8.21. The van der Waals surface area contributed by atoms with Gasteiger partial charge in [0, 0.05) is 45.7 Å². The SMILES string of the molecule is C[C@@H]1C[C@H](C)CN(CCCNC(=O)c2cc3c(s2)-c2ccc(Cl)cc2SC3)C1. The number of nitrogens with zero attached hydrogens (tertiary/aromatic N) is 1. The van der Waals surface area contributed by atoms with Crippen LogP contribution in [0.1, 0.15) is 41.9 Å². The zero-order valence-electron chi connectivity index (χ0n) is 16.5. The number of nitrogens with one attached hydrogen (secondary N) is 1. The molecule has 0 spiro atoms. The van der Waals surface area contributed by atoms with Gasteiger partial charge in [0.1, 0.15) is 0 Å². The number of amides is 1. The average molecular weight is 435 g/mol. The summed E-state index contributed by atoms with van der Waals surface area (Å²) in [5.41, 5.74) is 2.46. The summed E-state index contributed by atoms with van der Waals surface area (Å²) in [4.78, 5) is 18.4. The van der Waals surface area contributed by atoms with Gasteiger partial charge in [-0.2, -0.15) is 0 Å². The number of rotatable bonds is 5. The molecule has 28 heavy (non-hydrogen) atoms. The van der Waals surface area contributed by atoms with Gasteiger partial charge in [0.2, 0.25) is 0 Å². The lowest BCUT2D eigenvalue weighted by molar-refractivity contribution is 0.0951. The van der Waals surface area contributed by atoms with Gasteiger partial charge in [-0.25, -0.2) is 0 Å². The maximum Gasteiger partial charge on any atom is 0.261 e. The number of carbonyl (C=O) groups is 1. The summed E-state index contributed by atoms with van der Waals surface area (Å²) in [5.74, 6) is 2.52. The predicted molar refractivity (Wildman–Crippen MR) is 121 cm³/mol. The van der Waals surface area contributed by atoms with Crippen LogP contribution in [0.25, 0.3) is 10.4 Å². The normalized spacial score (nSPS) is 21.8. The zero-order chi connectivity index (χ0) is 19.7. The lowest BCUT2D eigenvalue weighted by Crippen LogP contribution is -2.40. The van der Waals surface area contributed by atoms with E-state index in [-0.39, 0.29) is 5.91 Å². The van der Waals surface area contributed by atoms with E-state index in [2.05, 4.69) is 36.2 Å². The fraction of sp³-hybridized carbons (Fsp3) is 0.500. The van der Waals surface area contributed by atoms with Crippen LogP contribution in [-0.2, 0) is 5.75 Å². The van der Waals surface area contributed by atoms with Crippen molar-refractivity contribution in [3.8, 4) is 10.4 Å². The molecule has 1 aromatic carbocycles. The van der Waals surface area contributed by atoms with E-state index in [0.29, 0.717) is 0 Å². The molecule has 3 nitrogen and oxygen atoms in total. The molecule has 0 unspecified atom stereocenters. The first-order valence-electron chi connectivity index (χ1n) is 10.1. The van der Waals surface area contributed by atoms with Crippen molar-refractivity contribution in [2.24, 2.45) is 11.8 Å². The van der Waals surface area contributed by atoms with E-state index in [1.165, 1.54) is 40.4 Å². The molecule has 2 atom stereocenters. The van der Waals surface area contributed by atoms with Crippen molar-refractivity contribution in [3.63, 3.8) is 0 Å². The van der Waals surface area contributed by atoms with Crippen LogP contribution >= 0.6 is 34.7 Å². The van der Waals surface area contributed by atoms with Crippen molar-refractivity contribution in [3.05, 3.63) is 39.7 Å². The topological polar surface area (TPSA) is 32.3 Å². The molecule has 150 valence electrons. The summed E-state index contributed by atoms with van der Waals surface area (Å²) in [5, 5.41) is 3.89. The lowest BCUT2D eigenvalue weighted by atomic mass is 9.92. The fourth-order valence-corrected chi connectivity index (χ4v) is 7.00. The fourth-order valence-electron chi connectivity index (χ4n) is 4.40. The largest absolute Gasteiger partial charge is 0.351 e. The molecule has 0 saturated carbocycles. The highest BCUT2D eigenvalue weighted by Crippen LogP contribution is 2.46. The number of thiophene rings is 1. The van der Waals surface area contributed by atoms with E-state index >= 15 is 0 Å². The minimum Gasteiger partial charge on any atom is -0.351 e. The summed E-state index contributed by atoms with van der Waals surface area (Å²) < 4.78 is 0. The van der Waals surface area contributed by atoms with Gasteiger partial charge < -0.3 is 10.2 Å². The third-order valence-electron chi connectivity index (χ3n) is 5.49. The molecule has 2 aromatic rings. The maximum absolute atomic E-state index is 12.6. The molecule has 1 saturated heterocycles. The van der Waals surface area contributed by atoms with Crippen LogP contribution in [-0.4, -0.2) is 37.0 Å². The summed E-state index contributed by atoms with van der Waals surface area (Å²) in [6, 6.07) is 8.08. The number of hydrogen-bond donors (Lipinski definition) is 1. The van der Waals surface area contributed by atoms with Crippen molar-refractivity contribution < 1.29 is 4.79 Å². The molecule has 6 heteroatoms. The number of thioether (sulfide) groups is 1. The van der Waals surface area contributed by atoms with Gasteiger partial charge in [0.05, 0.1) is 4.88 Å². The smallest absolute Gasteiger partial charge is 0.261 e. The molecule has 4 rings (SSSR count). The van der Waals surface area contributed by atoms with Crippen molar-refractivity contribution >= 4 is 40.6 Å². The third kappa shape index (κ3) is 4.59. The molecular formula is C22H27ClN2OS2. The number of halogens is 1. The highest BCUT2D eigenvalue weighted by Gasteiger charge is 2.23. The Labute approximate surface area is 180 Å². The van der Waals surface area contributed by atoms with Gasteiger partial charge in [-0.15, -0.1) is 23.1 Å². The van der Waals surface area contributed by atoms with E-state index in [1.807, 2.05) is 12.1 Å². The van der Waals surface area contributed by atoms with Gasteiger partial charge in [0.15, 0.2) is 0 Å². The number of carbonyl (C=O) groups excluding carboxylic acids is 1. The molecule has 0 bridgehead atoms. The second-order valence-corrected chi connectivity index (χ2v) is 10.7. The predicted octanol–water partition coefficient (Wildman–Crippen LogP) is 5.77. The summed E-state index contributed by atoms with van der Waals surface area (Å²) >= 11 is 9.52. The molecule has 0 aliphatic carbocycles. The van der Waals surface area contributed by atoms with Gasteiger partial charge in [-0.1, -0.05) is 31.5 Å². The quantitative estimate of drug-likeness (QED) is 0.606. The van der Waals surface area contributed by atoms with Crippen molar-refractivity contribution in [1.82, 2.24) is 10.2 Å². The molecule has 2 aliphatic heterocycles. The highest BCUT2D eigenvalue weighted by molar-refractivity contribution is 7.98. The Bertz CT molecular complexity index is 856. The Balaban J connectivity index is 1.32. The molecule has 2 aliphatic rings. The number of piperidine rings is 1. The number of fused-ring (bicyclic) bond motifs is 3. The zero-order valence-corrected chi connectivity index (χ0v) is 18.9. The van der Waals surface area contributed by atoms with E-state index in [0.717, 1.165) is 47.0 Å². The van der Waals surface area contributed by atoms with Crippen LogP contribution in [0.15, 0.2) is 29.2 Å². The summed E-state index contributed by atoms with van der Waals surface area (Å²) in [6.45, 7) is 8.87. The minimum absolute atomic E-state index is 0.0558. The van der Waals surface area contributed by atoms with Crippen molar-refractivity contribution in [2.75, 3.05) is 26.2 Å². The first-order chi connectivity index (χ1) is 13.5. The maximum atomic E-state index is 12.6. The van der Waals surface area contributed by atoms with Crippen LogP contribution in [0.3, 0.4) is 0 Å². The number of hydrogen-bond acceptors (Lipinski definition) is 4. The molecule has 1 amide bonds. The van der Waals surface area contributed by atoms with Crippen LogP contribution in [0.2, 0.25) is 5.02 Å². The van der Waals surface area contributed by atoms with Gasteiger partial charge in [0.25, 0.3) is 5.91 Å². The summed E-state index contributed by atoms with van der Waals surface area (Å²) in [7, 11) is 0. The number of likely N-dealkylation sites (tertiary alicyclic amines) is 1. The lowest BCUT2D eigenvalue weighted by Gasteiger charge is -2.34. The summed E-state index contributed by atoms with van der Waals surface area (Å²) in [6.07, 6.45) is 2.34. The average Bonchev–Trinajstić information content (AvgIpc) is 3.09. The third-order valence-corrected chi connectivity index (χ3v) is 8.03. The molecule has 0 radical (unpaired) electrons. The first-order valence-corrected chi connectivity index (χ1v) is 12.2. The van der Waals surface area contributed by atoms with Crippen LogP contribution < -0.4 is 5.32 Å². The van der Waals surface area contributed by atoms with Crippen LogP contribution in [0.5, 0.6) is 0 Å². The van der Waals surface area contributed by atoms with Crippen LogP contribution in [0.4, 0.5) is 0 Å². The van der Waals surface area contributed by atoms with E-state index < -0.39 is 0 Å². The first kappa shape index (κ1) is 20.3. The van der Waals surface area contributed by atoms with E-state index in [9.17, 15) is 4.79 Å². The van der Waals surface area contributed by atoms with Gasteiger partial charge in [-0.05, 0) is 55.0 Å². The van der Waals surface area contributed by atoms with Crippen molar-refractivity contribution in [2.45, 2.75) is 37.3 Å². The molecule has 1 aromatic heterocycles. The second kappa shape index (κ2) is 8.78. The minimum atomic E-state index is 0.0558. The molecule has 3 heterocycles. The Morgan fingerprint density at radius 1 is 1.25 bits per heavy atom.